The van der Waals surface area contributed by atoms with Crippen LogP contribution in [0.4, 0.5) is 5.69 Å². The molecule has 0 amide bonds. The molecular formula is C18H19N5O5. The number of aromatic amines is 1. The highest BCUT2D eigenvalue weighted by atomic mass is 16.6. The number of hydrogen-bond acceptors (Lipinski definition) is 6. The van der Waals surface area contributed by atoms with Crippen LogP contribution in [-0.2, 0) is 6.54 Å². The maximum Gasteiger partial charge on any atom is 0.316 e. The molecule has 0 unspecified atom stereocenters. The van der Waals surface area contributed by atoms with Gasteiger partial charge >= 0.3 is 11.1 Å². The SMILES string of the molecule is CC(C)(C)Cn1c(=O)c(=O)[nH]c2cc([N+](=O)[O-])c(-n3ccc(/C=N\O)c3)cc21. The fourth-order valence-electron chi connectivity index (χ4n) is 2.99. The van der Waals surface area contributed by atoms with Crippen LogP contribution in [0.2, 0.25) is 0 Å². The molecular weight excluding hydrogens is 366 g/mol. The second-order valence-corrected chi connectivity index (χ2v) is 7.62. The van der Waals surface area contributed by atoms with Crippen molar-refractivity contribution >= 4 is 22.9 Å². The Kier molecular flexibility index (Phi) is 4.63. The van der Waals surface area contributed by atoms with Crippen LogP contribution in [0.1, 0.15) is 26.3 Å². The molecule has 2 heterocycles. The number of nitrogens with zero attached hydrogens (tertiary/aromatic N) is 4. The van der Waals surface area contributed by atoms with Crippen molar-refractivity contribution in [3.63, 3.8) is 0 Å². The van der Waals surface area contributed by atoms with E-state index in [4.69, 9.17) is 5.21 Å². The van der Waals surface area contributed by atoms with Crippen LogP contribution in [-0.4, -0.2) is 30.5 Å². The van der Waals surface area contributed by atoms with Crippen LogP contribution in [0.25, 0.3) is 16.7 Å². The van der Waals surface area contributed by atoms with Crippen molar-refractivity contribution in [2.45, 2.75) is 27.3 Å². The molecule has 0 bridgehead atoms. The maximum atomic E-state index is 12.4. The van der Waals surface area contributed by atoms with Gasteiger partial charge in [-0.05, 0) is 17.5 Å². The lowest BCUT2D eigenvalue weighted by Gasteiger charge is -2.21. The van der Waals surface area contributed by atoms with E-state index < -0.39 is 16.0 Å². The van der Waals surface area contributed by atoms with E-state index >= 15 is 0 Å². The minimum atomic E-state index is -0.832. The highest BCUT2D eigenvalue weighted by Gasteiger charge is 2.22. The third-order valence-corrected chi connectivity index (χ3v) is 4.10. The predicted octanol–water partition coefficient (Wildman–Crippen LogP) is 2.24. The molecule has 0 radical (unpaired) electrons. The zero-order valence-corrected chi connectivity index (χ0v) is 15.5. The average Bonchev–Trinajstić information content (AvgIpc) is 3.06. The first-order valence-corrected chi connectivity index (χ1v) is 8.42. The number of nitrogens with one attached hydrogen (secondary N) is 1. The molecule has 0 atom stereocenters. The number of rotatable bonds is 4. The molecule has 0 saturated heterocycles. The molecule has 0 fully saturated rings. The maximum absolute atomic E-state index is 12.4. The molecule has 28 heavy (non-hydrogen) atoms. The van der Waals surface area contributed by atoms with E-state index in [0.717, 1.165) is 0 Å². The molecule has 2 aromatic heterocycles. The normalized spacial score (nSPS) is 12.1. The van der Waals surface area contributed by atoms with Crippen LogP contribution < -0.4 is 11.1 Å². The molecule has 10 heteroatoms. The highest BCUT2D eigenvalue weighted by molar-refractivity contribution is 5.83. The molecule has 0 aliphatic carbocycles. The highest BCUT2D eigenvalue weighted by Crippen LogP contribution is 2.28. The molecule has 10 nitrogen and oxygen atoms in total. The summed E-state index contributed by atoms with van der Waals surface area (Å²) < 4.78 is 2.83. The summed E-state index contributed by atoms with van der Waals surface area (Å²) in [4.78, 5) is 38.0. The molecule has 146 valence electrons. The summed E-state index contributed by atoms with van der Waals surface area (Å²) >= 11 is 0. The van der Waals surface area contributed by atoms with Crippen molar-refractivity contribution in [3.8, 4) is 5.69 Å². The van der Waals surface area contributed by atoms with Gasteiger partial charge < -0.3 is 19.3 Å². The summed E-state index contributed by atoms with van der Waals surface area (Å²) in [5.74, 6) is 0. The van der Waals surface area contributed by atoms with Crippen molar-refractivity contribution in [2.75, 3.05) is 0 Å². The lowest BCUT2D eigenvalue weighted by molar-refractivity contribution is -0.384. The number of fused-ring (bicyclic) bond motifs is 1. The van der Waals surface area contributed by atoms with E-state index in [0.29, 0.717) is 11.1 Å². The Hall–Kier alpha value is -3.69. The number of benzene rings is 1. The van der Waals surface area contributed by atoms with Gasteiger partial charge in [0.05, 0.1) is 22.2 Å². The minimum Gasteiger partial charge on any atom is -0.411 e. The quantitative estimate of drug-likeness (QED) is 0.233. The van der Waals surface area contributed by atoms with Gasteiger partial charge in [0.25, 0.3) is 5.69 Å². The number of oxime groups is 1. The fraction of sp³-hybridized carbons (Fsp3) is 0.278. The number of aromatic nitrogens is 3. The molecule has 3 aromatic rings. The van der Waals surface area contributed by atoms with Gasteiger partial charge in [-0.25, -0.2) is 0 Å². The van der Waals surface area contributed by atoms with Crippen molar-refractivity contribution in [3.05, 3.63) is 67.0 Å². The largest absolute Gasteiger partial charge is 0.411 e. The number of hydrogen-bond donors (Lipinski definition) is 2. The Morgan fingerprint density at radius 1 is 1.32 bits per heavy atom. The first-order chi connectivity index (χ1) is 13.1. The summed E-state index contributed by atoms with van der Waals surface area (Å²) in [7, 11) is 0. The summed E-state index contributed by atoms with van der Waals surface area (Å²) in [5, 5.41) is 23.2. The Morgan fingerprint density at radius 2 is 2.04 bits per heavy atom. The summed E-state index contributed by atoms with van der Waals surface area (Å²) in [6.45, 7) is 6.03. The second-order valence-electron chi connectivity index (χ2n) is 7.62. The zero-order valence-electron chi connectivity index (χ0n) is 15.5. The van der Waals surface area contributed by atoms with Gasteiger partial charge in [-0.15, -0.1) is 0 Å². The Morgan fingerprint density at radius 3 is 2.64 bits per heavy atom. The predicted molar refractivity (Wildman–Crippen MR) is 104 cm³/mol. The van der Waals surface area contributed by atoms with Gasteiger partial charge in [-0.2, -0.15) is 0 Å². The van der Waals surface area contributed by atoms with Gasteiger partial charge in [-0.1, -0.05) is 25.9 Å². The third-order valence-electron chi connectivity index (χ3n) is 4.10. The van der Waals surface area contributed by atoms with Crippen LogP contribution in [0.3, 0.4) is 0 Å². The first kappa shape index (κ1) is 19.1. The lowest BCUT2D eigenvalue weighted by Crippen LogP contribution is -2.38. The second kappa shape index (κ2) is 6.80. The first-order valence-electron chi connectivity index (χ1n) is 8.42. The zero-order chi connectivity index (χ0) is 20.6. The van der Waals surface area contributed by atoms with Gasteiger partial charge in [0.1, 0.15) is 5.69 Å². The molecule has 1 aromatic carbocycles. The molecule has 0 saturated carbocycles. The lowest BCUT2D eigenvalue weighted by atomic mass is 9.96. The average molecular weight is 385 g/mol. The van der Waals surface area contributed by atoms with Gasteiger partial charge in [0, 0.05) is 30.6 Å². The topological polar surface area (TPSA) is 136 Å². The van der Waals surface area contributed by atoms with Gasteiger partial charge in [-0.3, -0.25) is 19.7 Å². The number of nitro groups is 1. The number of H-pyrrole nitrogens is 1. The van der Waals surface area contributed by atoms with Crippen molar-refractivity contribution in [2.24, 2.45) is 10.6 Å². The van der Waals surface area contributed by atoms with Crippen LogP contribution in [0.15, 0.2) is 45.3 Å². The molecule has 2 N–H and O–H groups in total. The van der Waals surface area contributed by atoms with E-state index in [1.54, 1.807) is 18.5 Å². The summed E-state index contributed by atoms with van der Waals surface area (Å²) in [6.07, 6.45) is 4.31. The Labute approximate surface area is 158 Å². The van der Waals surface area contributed by atoms with Gasteiger partial charge in [0.2, 0.25) is 0 Å². The number of nitro benzene ring substituents is 1. The minimum absolute atomic E-state index is 0.202. The Bertz CT molecular complexity index is 1210. The van der Waals surface area contributed by atoms with E-state index in [2.05, 4.69) is 10.1 Å². The van der Waals surface area contributed by atoms with Crippen molar-refractivity contribution in [1.29, 1.82) is 0 Å². The van der Waals surface area contributed by atoms with Crippen LogP contribution in [0, 0.1) is 15.5 Å². The summed E-state index contributed by atoms with van der Waals surface area (Å²) in [5.41, 5.74) is -0.768. The third kappa shape index (κ3) is 3.56. The summed E-state index contributed by atoms with van der Waals surface area (Å²) in [6, 6.07) is 4.35. The standard InChI is InChI=1S/C18H19N5O5/c1-18(2,3)10-22-13-7-14(21-5-4-11(9-21)8-19-26)15(23(27)28)6-12(13)20-16(24)17(22)25/h4-9,26H,10H2,1-3H3,(H,20,24)/b19-8-. The fourth-order valence-corrected chi connectivity index (χ4v) is 2.99. The van der Waals surface area contributed by atoms with Crippen molar-refractivity contribution < 1.29 is 10.1 Å². The smallest absolute Gasteiger partial charge is 0.316 e. The molecule has 0 spiro atoms. The Balaban J connectivity index is 2.37. The van der Waals surface area contributed by atoms with E-state index in [1.165, 1.54) is 27.5 Å². The van der Waals surface area contributed by atoms with E-state index in [1.807, 2.05) is 20.8 Å². The molecule has 3 rings (SSSR count). The van der Waals surface area contributed by atoms with E-state index in [-0.39, 0.29) is 28.9 Å². The van der Waals surface area contributed by atoms with Crippen molar-refractivity contribution in [1.82, 2.24) is 14.1 Å². The van der Waals surface area contributed by atoms with E-state index in [9.17, 15) is 19.7 Å². The monoisotopic (exact) mass is 385 g/mol. The van der Waals surface area contributed by atoms with Crippen LogP contribution >= 0.6 is 0 Å². The molecule has 0 aliphatic heterocycles. The van der Waals surface area contributed by atoms with Gasteiger partial charge in [0.15, 0.2) is 0 Å². The molecule has 0 aliphatic rings. The van der Waals surface area contributed by atoms with Crippen LogP contribution in [0.5, 0.6) is 0 Å².